The molecule has 1 saturated carbocycles. The molecule has 3 heterocycles. The molecule has 0 unspecified atom stereocenters. The first kappa shape index (κ1) is 27.4. The molecule has 0 amide bonds. The molecule has 1 N–H and O–H groups in total. The van der Waals surface area contributed by atoms with E-state index in [0.717, 1.165) is 48.7 Å². The molecule has 2 fully saturated rings. The molecule has 1 aliphatic heterocycles. The third-order valence-electron chi connectivity index (χ3n) is 7.66. The van der Waals surface area contributed by atoms with E-state index in [-0.39, 0.29) is 5.41 Å². The number of carboxylic acids is 1. The highest BCUT2D eigenvalue weighted by molar-refractivity contribution is 5.86. The fourth-order valence-electron chi connectivity index (χ4n) is 5.43. The van der Waals surface area contributed by atoms with E-state index in [1.165, 1.54) is 12.8 Å². The largest absolute Gasteiger partial charge is 0.479 e. The molecule has 7 nitrogen and oxygen atoms in total. The number of nitrogens with zero attached hydrogens (tertiary/aromatic N) is 3. The molecule has 202 valence electrons. The van der Waals surface area contributed by atoms with E-state index in [9.17, 15) is 9.90 Å². The van der Waals surface area contributed by atoms with Gasteiger partial charge in [-0.25, -0.2) is 9.78 Å². The molecule has 0 aromatic carbocycles. The molecule has 1 aliphatic carbocycles. The van der Waals surface area contributed by atoms with Gasteiger partial charge in [-0.05, 0) is 76.7 Å². The minimum atomic E-state index is -1.13. The van der Waals surface area contributed by atoms with Crippen LogP contribution in [-0.4, -0.2) is 46.3 Å². The van der Waals surface area contributed by atoms with Gasteiger partial charge in [0.1, 0.15) is 0 Å². The molecule has 1 saturated heterocycles. The summed E-state index contributed by atoms with van der Waals surface area (Å²) in [5, 5.41) is 10.3. The van der Waals surface area contributed by atoms with Crippen LogP contribution < -0.4 is 9.64 Å². The predicted molar refractivity (Wildman–Crippen MR) is 146 cm³/mol. The van der Waals surface area contributed by atoms with Crippen molar-refractivity contribution >= 4 is 11.7 Å². The number of aliphatic carboxylic acids is 1. The standard InChI is InChI=1S/C30H43N3O4/c1-19-14-21(15-19)18-36-24-9-8-22(16-32-24)23-17-31-20(2)25(27(28(34)35)37-29(3,4)5)26(23)33-12-10-30(6,7)11-13-33/h8-9,16-17,19,21,27H,10-15,18H2,1-7H3,(H,34,35)/t19?,21?,27-/m0/s1. The van der Waals surface area contributed by atoms with Crippen LogP contribution in [0.5, 0.6) is 5.88 Å². The van der Waals surface area contributed by atoms with Crippen LogP contribution in [0.25, 0.3) is 11.1 Å². The summed E-state index contributed by atoms with van der Waals surface area (Å²) in [5.41, 5.74) is 3.56. The van der Waals surface area contributed by atoms with Crippen LogP contribution in [0, 0.1) is 24.2 Å². The number of aryl methyl sites for hydroxylation is 1. The molecule has 2 aromatic rings. The van der Waals surface area contributed by atoms with E-state index in [1.54, 1.807) is 0 Å². The van der Waals surface area contributed by atoms with Gasteiger partial charge in [0, 0.05) is 53.9 Å². The Kier molecular flexibility index (Phi) is 7.84. The number of carbonyl (C=O) groups is 1. The lowest BCUT2D eigenvalue weighted by molar-refractivity contribution is -0.160. The first-order valence-corrected chi connectivity index (χ1v) is 13.6. The highest BCUT2D eigenvalue weighted by Gasteiger charge is 2.36. The second-order valence-corrected chi connectivity index (χ2v) is 12.8. The minimum Gasteiger partial charge on any atom is -0.479 e. The number of ether oxygens (including phenoxy) is 2. The third kappa shape index (κ3) is 6.61. The average molecular weight is 510 g/mol. The van der Waals surface area contributed by atoms with Crippen LogP contribution >= 0.6 is 0 Å². The number of carboxylic acid groups (broad SMARTS) is 1. The van der Waals surface area contributed by atoms with E-state index in [2.05, 4.69) is 35.6 Å². The Labute approximate surface area is 221 Å². The number of rotatable bonds is 8. The van der Waals surface area contributed by atoms with Crippen LogP contribution in [0.2, 0.25) is 0 Å². The summed E-state index contributed by atoms with van der Waals surface area (Å²) in [7, 11) is 0. The van der Waals surface area contributed by atoms with Gasteiger partial charge in [0.25, 0.3) is 0 Å². The summed E-state index contributed by atoms with van der Waals surface area (Å²) in [6.07, 6.45) is 7.01. The van der Waals surface area contributed by atoms with Gasteiger partial charge in [-0.15, -0.1) is 0 Å². The van der Waals surface area contributed by atoms with Gasteiger partial charge < -0.3 is 19.5 Å². The highest BCUT2D eigenvalue weighted by Crippen LogP contribution is 2.43. The Morgan fingerprint density at radius 3 is 2.38 bits per heavy atom. The monoisotopic (exact) mass is 509 g/mol. The summed E-state index contributed by atoms with van der Waals surface area (Å²) < 4.78 is 12.1. The first-order valence-electron chi connectivity index (χ1n) is 13.6. The van der Waals surface area contributed by atoms with E-state index in [4.69, 9.17) is 9.47 Å². The number of piperidine rings is 1. The summed E-state index contributed by atoms with van der Waals surface area (Å²) in [6.45, 7) is 16.7. The molecule has 0 spiro atoms. The number of hydrogen-bond acceptors (Lipinski definition) is 6. The van der Waals surface area contributed by atoms with Crippen LogP contribution in [-0.2, 0) is 9.53 Å². The van der Waals surface area contributed by atoms with Crippen molar-refractivity contribution in [3.8, 4) is 17.0 Å². The van der Waals surface area contributed by atoms with E-state index in [1.807, 2.05) is 52.2 Å². The van der Waals surface area contributed by atoms with Gasteiger partial charge >= 0.3 is 5.97 Å². The lowest BCUT2D eigenvalue weighted by Crippen LogP contribution is -2.39. The molecular formula is C30H43N3O4. The molecule has 7 heteroatoms. The van der Waals surface area contributed by atoms with Gasteiger partial charge in [0.05, 0.1) is 17.9 Å². The second-order valence-electron chi connectivity index (χ2n) is 12.8. The topological polar surface area (TPSA) is 84.8 Å². The number of hydrogen-bond donors (Lipinski definition) is 1. The third-order valence-corrected chi connectivity index (χ3v) is 7.66. The summed E-state index contributed by atoms with van der Waals surface area (Å²) in [5.74, 6) is 1.01. The van der Waals surface area contributed by atoms with Crippen molar-refractivity contribution in [2.45, 2.75) is 85.9 Å². The SMILES string of the molecule is Cc1ncc(-c2ccc(OCC3CC(C)C3)nc2)c(N2CCC(C)(C)CC2)c1[C@H](OC(C)(C)C)C(=O)O. The average Bonchev–Trinajstić information content (AvgIpc) is 2.79. The normalized spacial score (nSPS) is 22.3. The van der Waals surface area contributed by atoms with Crippen molar-refractivity contribution < 1.29 is 19.4 Å². The fourth-order valence-corrected chi connectivity index (χ4v) is 5.43. The van der Waals surface area contributed by atoms with Crippen molar-refractivity contribution in [2.24, 2.45) is 17.3 Å². The van der Waals surface area contributed by atoms with Crippen molar-refractivity contribution in [2.75, 3.05) is 24.6 Å². The van der Waals surface area contributed by atoms with Crippen molar-refractivity contribution in [1.29, 1.82) is 0 Å². The van der Waals surface area contributed by atoms with Gasteiger partial charge in [-0.3, -0.25) is 4.98 Å². The van der Waals surface area contributed by atoms with E-state index >= 15 is 0 Å². The zero-order valence-corrected chi connectivity index (χ0v) is 23.5. The van der Waals surface area contributed by atoms with Crippen LogP contribution in [0.3, 0.4) is 0 Å². The maximum atomic E-state index is 12.5. The molecule has 0 bridgehead atoms. The maximum Gasteiger partial charge on any atom is 0.337 e. The van der Waals surface area contributed by atoms with Gasteiger partial charge in [0.15, 0.2) is 6.10 Å². The molecule has 2 aliphatic rings. The Bertz CT molecular complexity index is 1090. The zero-order chi connectivity index (χ0) is 27.0. The van der Waals surface area contributed by atoms with Crippen molar-refractivity contribution in [3.63, 3.8) is 0 Å². The number of aromatic nitrogens is 2. The van der Waals surface area contributed by atoms with E-state index in [0.29, 0.717) is 29.7 Å². The predicted octanol–water partition coefficient (Wildman–Crippen LogP) is 6.44. The zero-order valence-electron chi connectivity index (χ0n) is 23.5. The quantitative estimate of drug-likeness (QED) is 0.438. The van der Waals surface area contributed by atoms with Gasteiger partial charge in [-0.1, -0.05) is 20.8 Å². The Hall–Kier alpha value is -2.67. The Morgan fingerprint density at radius 1 is 1.16 bits per heavy atom. The summed E-state index contributed by atoms with van der Waals surface area (Å²) in [4.78, 5) is 24.1. The number of anilines is 1. The van der Waals surface area contributed by atoms with Crippen molar-refractivity contribution in [3.05, 3.63) is 35.8 Å². The van der Waals surface area contributed by atoms with Crippen LogP contribution in [0.4, 0.5) is 5.69 Å². The molecule has 2 aromatic heterocycles. The summed E-state index contributed by atoms with van der Waals surface area (Å²) in [6, 6.07) is 3.90. The smallest absolute Gasteiger partial charge is 0.337 e. The second kappa shape index (κ2) is 10.6. The lowest BCUT2D eigenvalue weighted by Gasteiger charge is -2.40. The highest BCUT2D eigenvalue weighted by atomic mass is 16.5. The van der Waals surface area contributed by atoms with Crippen molar-refractivity contribution in [1.82, 2.24) is 9.97 Å². The molecule has 0 radical (unpaired) electrons. The molecule has 37 heavy (non-hydrogen) atoms. The van der Waals surface area contributed by atoms with Gasteiger partial charge in [-0.2, -0.15) is 0 Å². The van der Waals surface area contributed by atoms with Crippen LogP contribution in [0.15, 0.2) is 24.5 Å². The maximum absolute atomic E-state index is 12.5. The first-order chi connectivity index (χ1) is 17.3. The molecule has 4 rings (SSSR count). The Balaban J connectivity index is 1.72. The summed E-state index contributed by atoms with van der Waals surface area (Å²) >= 11 is 0. The lowest BCUT2D eigenvalue weighted by atomic mass is 9.77. The van der Waals surface area contributed by atoms with Crippen LogP contribution in [0.1, 0.15) is 84.6 Å². The van der Waals surface area contributed by atoms with Gasteiger partial charge in [0.2, 0.25) is 5.88 Å². The minimum absolute atomic E-state index is 0.256. The molecular weight excluding hydrogens is 466 g/mol. The Morgan fingerprint density at radius 2 is 1.84 bits per heavy atom. The number of pyridine rings is 2. The fraction of sp³-hybridized carbons (Fsp3) is 0.633. The molecule has 1 atom stereocenters. The van der Waals surface area contributed by atoms with E-state index < -0.39 is 17.7 Å².